The molecule has 1 amide bonds. The number of nitrogens with one attached hydrogen (secondary N) is 2. The molecule has 0 bridgehead atoms. The summed E-state index contributed by atoms with van der Waals surface area (Å²) in [7, 11) is -3.43. The highest BCUT2D eigenvalue weighted by Gasteiger charge is 2.11. The van der Waals surface area contributed by atoms with Gasteiger partial charge >= 0.3 is 0 Å². The summed E-state index contributed by atoms with van der Waals surface area (Å²) in [6, 6.07) is 12.0. The molecule has 0 aliphatic carbocycles. The van der Waals surface area contributed by atoms with Gasteiger partial charge in [0, 0.05) is 11.3 Å². The van der Waals surface area contributed by atoms with Crippen LogP contribution in [0.25, 0.3) is 0 Å². The largest absolute Gasteiger partial charge is 0.322 e. The van der Waals surface area contributed by atoms with Crippen LogP contribution in [0, 0.1) is 0 Å². The lowest BCUT2D eigenvalue weighted by molar-refractivity contribution is 0.102. The normalized spacial score (nSPS) is 11.4. The molecule has 2 aromatic carbocycles. The fourth-order valence-corrected chi connectivity index (χ4v) is 2.95. The molecule has 0 aliphatic rings. The first-order valence-corrected chi connectivity index (χ1v) is 9.61. The van der Waals surface area contributed by atoms with Crippen molar-refractivity contribution in [1.29, 1.82) is 0 Å². The van der Waals surface area contributed by atoms with Crippen LogP contribution in [0.5, 0.6) is 0 Å². The van der Waals surface area contributed by atoms with Gasteiger partial charge in [0.05, 0.1) is 17.0 Å². The fourth-order valence-electron chi connectivity index (χ4n) is 2.09. The predicted octanol–water partition coefficient (Wildman–Crippen LogP) is 4.09. The van der Waals surface area contributed by atoms with Gasteiger partial charge in [0.1, 0.15) is 0 Å². The van der Waals surface area contributed by atoms with E-state index in [1.54, 1.807) is 0 Å². The second-order valence-electron chi connectivity index (χ2n) is 5.80. The molecule has 0 saturated carbocycles. The molecule has 0 radical (unpaired) electrons. The maximum absolute atomic E-state index is 12.3. The third-order valence-corrected chi connectivity index (χ3v) is 4.27. The monoisotopic (exact) mass is 366 g/mol. The number of sulfonamides is 1. The summed E-state index contributed by atoms with van der Waals surface area (Å²) in [6.45, 7) is 4.20. The van der Waals surface area contributed by atoms with E-state index in [0.29, 0.717) is 17.2 Å². The molecule has 0 spiro atoms. The molecule has 2 N–H and O–H groups in total. The van der Waals surface area contributed by atoms with Crippen molar-refractivity contribution >= 4 is 38.9 Å². The summed E-state index contributed by atoms with van der Waals surface area (Å²) >= 11 is 6.03. The second kappa shape index (κ2) is 7.23. The van der Waals surface area contributed by atoms with Crippen LogP contribution in [0.1, 0.15) is 35.7 Å². The molecular weight excluding hydrogens is 348 g/mol. The van der Waals surface area contributed by atoms with Gasteiger partial charge in [-0.15, -0.1) is 0 Å². The minimum absolute atomic E-state index is 0.156. The number of rotatable bonds is 5. The lowest BCUT2D eigenvalue weighted by Crippen LogP contribution is -2.13. The predicted molar refractivity (Wildman–Crippen MR) is 98.4 cm³/mol. The number of anilines is 2. The molecule has 0 unspecified atom stereocenters. The SMILES string of the molecule is CC(C)c1ccc(NC(=O)c2ccc(NS(C)(=O)=O)c(Cl)c2)cc1. The summed E-state index contributed by atoms with van der Waals surface area (Å²) in [5.74, 6) is 0.101. The van der Waals surface area contributed by atoms with E-state index in [1.165, 1.54) is 23.8 Å². The maximum atomic E-state index is 12.3. The Morgan fingerprint density at radius 2 is 1.71 bits per heavy atom. The number of carbonyl (C=O) groups is 1. The van der Waals surface area contributed by atoms with E-state index in [0.717, 1.165) is 6.26 Å². The van der Waals surface area contributed by atoms with Crippen LogP contribution in [0.4, 0.5) is 11.4 Å². The van der Waals surface area contributed by atoms with E-state index in [9.17, 15) is 13.2 Å². The van der Waals surface area contributed by atoms with E-state index in [4.69, 9.17) is 11.6 Å². The Hall–Kier alpha value is -2.05. The maximum Gasteiger partial charge on any atom is 0.255 e. The van der Waals surface area contributed by atoms with E-state index in [-0.39, 0.29) is 16.6 Å². The zero-order valence-electron chi connectivity index (χ0n) is 13.6. The number of hydrogen-bond acceptors (Lipinski definition) is 3. The highest BCUT2D eigenvalue weighted by atomic mass is 35.5. The summed E-state index contributed by atoms with van der Waals surface area (Å²) in [5.41, 5.74) is 2.44. The van der Waals surface area contributed by atoms with Gasteiger partial charge in [-0.3, -0.25) is 9.52 Å². The van der Waals surface area contributed by atoms with Crippen molar-refractivity contribution < 1.29 is 13.2 Å². The Morgan fingerprint density at radius 3 is 2.21 bits per heavy atom. The van der Waals surface area contributed by atoms with Gasteiger partial charge in [0.25, 0.3) is 5.91 Å². The number of halogens is 1. The van der Waals surface area contributed by atoms with Gasteiger partial charge in [0.2, 0.25) is 10.0 Å². The smallest absolute Gasteiger partial charge is 0.255 e. The molecule has 2 aromatic rings. The van der Waals surface area contributed by atoms with E-state index in [2.05, 4.69) is 23.9 Å². The lowest BCUT2D eigenvalue weighted by atomic mass is 10.0. The molecule has 0 saturated heterocycles. The van der Waals surface area contributed by atoms with Crippen LogP contribution in [0.3, 0.4) is 0 Å². The minimum Gasteiger partial charge on any atom is -0.322 e. The summed E-state index contributed by atoms with van der Waals surface area (Å²) in [4.78, 5) is 12.3. The Kier molecular flexibility index (Phi) is 5.51. The Balaban J connectivity index is 2.13. The summed E-state index contributed by atoms with van der Waals surface area (Å²) in [5, 5.41) is 2.94. The van der Waals surface area contributed by atoms with Gasteiger partial charge < -0.3 is 5.32 Å². The molecule has 128 valence electrons. The quantitative estimate of drug-likeness (QED) is 0.836. The molecule has 0 heterocycles. The topological polar surface area (TPSA) is 75.3 Å². The summed E-state index contributed by atoms with van der Waals surface area (Å²) < 4.78 is 24.8. The Bertz CT molecular complexity index is 847. The molecule has 0 fully saturated rings. The molecule has 7 heteroatoms. The first-order valence-electron chi connectivity index (χ1n) is 7.34. The highest BCUT2D eigenvalue weighted by Crippen LogP contribution is 2.24. The first kappa shape index (κ1) is 18.3. The highest BCUT2D eigenvalue weighted by molar-refractivity contribution is 7.92. The van der Waals surface area contributed by atoms with E-state index >= 15 is 0 Å². The Labute approximate surface area is 147 Å². The molecule has 24 heavy (non-hydrogen) atoms. The van der Waals surface area contributed by atoms with Crippen molar-refractivity contribution in [2.75, 3.05) is 16.3 Å². The lowest BCUT2D eigenvalue weighted by Gasteiger charge is -2.10. The van der Waals surface area contributed by atoms with Crippen LogP contribution in [0.15, 0.2) is 42.5 Å². The average Bonchev–Trinajstić information content (AvgIpc) is 2.48. The van der Waals surface area contributed by atoms with Gasteiger partial charge in [-0.1, -0.05) is 37.6 Å². The van der Waals surface area contributed by atoms with Crippen molar-refractivity contribution in [3.05, 3.63) is 58.6 Å². The zero-order valence-corrected chi connectivity index (χ0v) is 15.2. The third-order valence-electron chi connectivity index (χ3n) is 3.36. The van der Waals surface area contributed by atoms with Crippen molar-refractivity contribution in [2.45, 2.75) is 19.8 Å². The number of carbonyl (C=O) groups excluding carboxylic acids is 1. The van der Waals surface area contributed by atoms with E-state index in [1.807, 2.05) is 24.3 Å². The average molecular weight is 367 g/mol. The van der Waals surface area contributed by atoms with Gasteiger partial charge in [0.15, 0.2) is 0 Å². The molecule has 0 atom stereocenters. The summed E-state index contributed by atoms with van der Waals surface area (Å²) in [6.07, 6.45) is 1.03. The van der Waals surface area contributed by atoms with Crippen LogP contribution in [0.2, 0.25) is 5.02 Å². The third kappa shape index (κ3) is 4.97. The first-order chi connectivity index (χ1) is 11.2. The standard InChI is InChI=1S/C17H19ClN2O3S/c1-11(2)12-4-7-14(8-5-12)19-17(21)13-6-9-16(15(18)10-13)20-24(3,22)23/h4-11,20H,1-3H3,(H,19,21). The molecule has 0 aromatic heterocycles. The van der Waals surface area contributed by atoms with Crippen LogP contribution >= 0.6 is 11.6 Å². The minimum atomic E-state index is -3.43. The van der Waals surface area contributed by atoms with Crippen LogP contribution in [-0.4, -0.2) is 20.6 Å². The van der Waals surface area contributed by atoms with Gasteiger partial charge in [-0.25, -0.2) is 8.42 Å². The number of benzene rings is 2. The van der Waals surface area contributed by atoms with Crippen LogP contribution in [-0.2, 0) is 10.0 Å². The van der Waals surface area contributed by atoms with Crippen molar-refractivity contribution in [3.8, 4) is 0 Å². The number of hydrogen-bond donors (Lipinski definition) is 2. The Morgan fingerprint density at radius 1 is 1.08 bits per heavy atom. The number of amides is 1. The van der Waals surface area contributed by atoms with Crippen molar-refractivity contribution in [3.63, 3.8) is 0 Å². The molecule has 5 nitrogen and oxygen atoms in total. The van der Waals surface area contributed by atoms with Crippen LogP contribution < -0.4 is 10.0 Å². The fraction of sp³-hybridized carbons (Fsp3) is 0.235. The van der Waals surface area contributed by atoms with E-state index < -0.39 is 10.0 Å². The zero-order chi connectivity index (χ0) is 17.9. The van der Waals surface area contributed by atoms with Gasteiger partial charge in [-0.05, 0) is 41.8 Å². The molecular formula is C17H19ClN2O3S. The molecule has 0 aliphatic heterocycles. The van der Waals surface area contributed by atoms with Crippen molar-refractivity contribution in [2.24, 2.45) is 0 Å². The second-order valence-corrected chi connectivity index (χ2v) is 7.96. The van der Waals surface area contributed by atoms with Gasteiger partial charge in [-0.2, -0.15) is 0 Å². The molecule has 2 rings (SSSR count). The van der Waals surface area contributed by atoms with Crippen molar-refractivity contribution in [1.82, 2.24) is 0 Å².